The number of carbonyl (C=O) groups is 1. The molecule has 7 nitrogen and oxygen atoms in total. The van der Waals surface area contributed by atoms with Crippen LogP contribution in [0.1, 0.15) is 33.7 Å². The third kappa shape index (κ3) is 2.88. The fraction of sp³-hybridized carbons (Fsp3) is 0.200. The van der Waals surface area contributed by atoms with Gasteiger partial charge in [0.05, 0.1) is 11.8 Å². The molecule has 0 aliphatic rings. The van der Waals surface area contributed by atoms with Crippen molar-refractivity contribution in [1.29, 1.82) is 0 Å². The Morgan fingerprint density at radius 2 is 2.09 bits per heavy atom. The molecule has 3 rings (SSSR count). The van der Waals surface area contributed by atoms with Gasteiger partial charge in [0.15, 0.2) is 5.82 Å². The molecular weight excluding hydrogens is 284 g/mol. The highest BCUT2D eigenvalue weighted by atomic mass is 16.6. The monoisotopic (exact) mass is 298 g/mol. The number of esters is 1. The number of hydrogen-bond acceptors (Lipinski definition) is 6. The molecule has 1 aromatic carbocycles. The molecular formula is C15H14N4O3. The lowest BCUT2D eigenvalue weighted by molar-refractivity contribution is 0.0314. The summed E-state index contributed by atoms with van der Waals surface area (Å²) in [4.78, 5) is 16.4. The molecule has 0 spiro atoms. The van der Waals surface area contributed by atoms with Crippen LogP contribution in [0.3, 0.4) is 0 Å². The SMILES string of the molecule is Cc1noc([C@@H](OC(=O)c2cnn(C)c2)c2ccccc2)n1. The Bertz CT molecular complexity index is 779. The second-order valence-corrected chi connectivity index (χ2v) is 4.78. The average molecular weight is 298 g/mol. The van der Waals surface area contributed by atoms with Crippen LogP contribution >= 0.6 is 0 Å². The van der Waals surface area contributed by atoms with Crippen LogP contribution < -0.4 is 0 Å². The highest BCUT2D eigenvalue weighted by Crippen LogP contribution is 2.25. The van der Waals surface area contributed by atoms with E-state index in [9.17, 15) is 4.79 Å². The molecule has 0 amide bonds. The van der Waals surface area contributed by atoms with Crippen molar-refractivity contribution in [2.24, 2.45) is 7.05 Å². The number of benzene rings is 1. The summed E-state index contributed by atoms with van der Waals surface area (Å²) >= 11 is 0. The normalized spacial score (nSPS) is 12.1. The van der Waals surface area contributed by atoms with Gasteiger partial charge in [0.25, 0.3) is 5.89 Å². The summed E-state index contributed by atoms with van der Waals surface area (Å²) in [6.45, 7) is 1.71. The smallest absolute Gasteiger partial charge is 0.342 e. The molecule has 0 radical (unpaired) electrons. The molecule has 0 bridgehead atoms. The van der Waals surface area contributed by atoms with E-state index < -0.39 is 12.1 Å². The first-order chi connectivity index (χ1) is 10.6. The summed E-state index contributed by atoms with van der Waals surface area (Å²) in [5.74, 6) is 0.215. The van der Waals surface area contributed by atoms with Crippen LogP contribution in [0.2, 0.25) is 0 Å². The van der Waals surface area contributed by atoms with Crippen molar-refractivity contribution in [1.82, 2.24) is 19.9 Å². The van der Waals surface area contributed by atoms with Gasteiger partial charge in [0.1, 0.15) is 0 Å². The molecule has 0 saturated heterocycles. The molecule has 3 aromatic rings. The van der Waals surface area contributed by atoms with Crippen molar-refractivity contribution in [3.63, 3.8) is 0 Å². The molecule has 0 unspecified atom stereocenters. The molecule has 2 heterocycles. The van der Waals surface area contributed by atoms with E-state index in [0.29, 0.717) is 11.4 Å². The first kappa shape index (κ1) is 14.0. The van der Waals surface area contributed by atoms with Gasteiger partial charge in [-0.05, 0) is 6.92 Å². The molecule has 0 aliphatic carbocycles. The molecule has 112 valence electrons. The lowest BCUT2D eigenvalue weighted by Crippen LogP contribution is -2.13. The number of hydrogen-bond donors (Lipinski definition) is 0. The topological polar surface area (TPSA) is 83.0 Å². The third-order valence-electron chi connectivity index (χ3n) is 3.04. The number of rotatable bonds is 4. The van der Waals surface area contributed by atoms with Crippen molar-refractivity contribution in [3.8, 4) is 0 Å². The van der Waals surface area contributed by atoms with Crippen molar-refractivity contribution < 1.29 is 14.1 Å². The van der Waals surface area contributed by atoms with E-state index in [1.54, 1.807) is 20.2 Å². The molecule has 0 saturated carbocycles. The Morgan fingerprint density at radius 3 is 2.68 bits per heavy atom. The highest BCUT2D eigenvalue weighted by molar-refractivity contribution is 5.89. The second kappa shape index (κ2) is 5.80. The van der Waals surface area contributed by atoms with Gasteiger partial charge in [-0.3, -0.25) is 4.68 Å². The van der Waals surface area contributed by atoms with Crippen LogP contribution in [-0.2, 0) is 11.8 Å². The number of carbonyl (C=O) groups excluding carboxylic acids is 1. The average Bonchev–Trinajstić information content (AvgIpc) is 3.14. The fourth-order valence-electron chi connectivity index (χ4n) is 2.01. The Morgan fingerprint density at radius 1 is 1.32 bits per heavy atom. The Kier molecular flexibility index (Phi) is 3.69. The standard InChI is InChI=1S/C15H14N4O3/c1-10-17-14(22-18-10)13(11-6-4-3-5-7-11)21-15(20)12-8-16-19(2)9-12/h3-9,13H,1-2H3/t13-/m0/s1. The minimum atomic E-state index is -0.755. The van der Waals surface area contributed by atoms with Crippen LogP contribution in [0.5, 0.6) is 0 Å². The maximum Gasteiger partial charge on any atom is 0.342 e. The van der Waals surface area contributed by atoms with Crippen molar-refractivity contribution in [2.45, 2.75) is 13.0 Å². The Hall–Kier alpha value is -2.96. The summed E-state index contributed by atoms with van der Waals surface area (Å²) in [6, 6.07) is 9.25. The van der Waals surface area contributed by atoms with Gasteiger partial charge >= 0.3 is 5.97 Å². The first-order valence-corrected chi connectivity index (χ1v) is 6.68. The van der Waals surface area contributed by atoms with Crippen LogP contribution in [0, 0.1) is 6.92 Å². The Balaban J connectivity index is 1.91. The zero-order valence-corrected chi connectivity index (χ0v) is 12.1. The first-order valence-electron chi connectivity index (χ1n) is 6.68. The summed E-state index contributed by atoms with van der Waals surface area (Å²) < 4.78 is 12.2. The molecule has 0 aliphatic heterocycles. The van der Waals surface area contributed by atoms with Crippen molar-refractivity contribution >= 4 is 5.97 Å². The lowest BCUT2D eigenvalue weighted by atomic mass is 10.1. The summed E-state index contributed by atoms with van der Waals surface area (Å²) in [6.07, 6.45) is 2.28. The minimum absolute atomic E-state index is 0.237. The lowest BCUT2D eigenvalue weighted by Gasteiger charge is -2.13. The highest BCUT2D eigenvalue weighted by Gasteiger charge is 2.25. The minimum Gasteiger partial charge on any atom is -0.444 e. The van der Waals surface area contributed by atoms with Gasteiger partial charge in [0.2, 0.25) is 6.10 Å². The quantitative estimate of drug-likeness (QED) is 0.686. The Labute approximate surface area is 126 Å². The van der Waals surface area contributed by atoms with E-state index in [4.69, 9.17) is 9.26 Å². The zero-order valence-electron chi connectivity index (χ0n) is 12.1. The van der Waals surface area contributed by atoms with E-state index in [-0.39, 0.29) is 5.89 Å². The van der Waals surface area contributed by atoms with Crippen LogP contribution in [0.4, 0.5) is 0 Å². The molecule has 1 atom stereocenters. The van der Waals surface area contributed by atoms with Gasteiger partial charge in [-0.25, -0.2) is 4.79 Å². The molecule has 7 heteroatoms. The van der Waals surface area contributed by atoms with E-state index in [2.05, 4.69) is 15.2 Å². The fourth-order valence-corrected chi connectivity index (χ4v) is 2.01. The predicted octanol–water partition coefficient (Wildman–Crippen LogP) is 2.06. The molecule has 0 N–H and O–H groups in total. The molecule has 0 fully saturated rings. The number of aromatic nitrogens is 4. The summed E-state index contributed by atoms with van der Waals surface area (Å²) in [5, 5.41) is 7.71. The maximum atomic E-state index is 12.3. The zero-order chi connectivity index (χ0) is 15.5. The number of nitrogens with zero attached hydrogens (tertiary/aromatic N) is 4. The van der Waals surface area contributed by atoms with Crippen LogP contribution in [0.25, 0.3) is 0 Å². The van der Waals surface area contributed by atoms with E-state index in [0.717, 1.165) is 5.56 Å². The largest absolute Gasteiger partial charge is 0.444 e. The third-order valence-corrected chi connectivity index (χ3v) is 3.04. The van der Waals surface area contributed by atoms with Gasteiger partial charge in [-0.1, -0.05) is 35.5 Å². The van der Waals surface area contributed by atoms with Gasteiger partial charge in [-0.2, -0.15) is 10.1 Å². The van der Waals surface area contributed by atoms with E-state index in [1.807, 2.05) is 30.3 Å². The number of ether oxygens (including phenoxy) is 1. The van der Waals surface area contributed by atoms with Crippen molar-refractivity contribution in [2.75, 3.05) is 0 Å². The number of aryl methyl sites for hydroxylation is 2. The predicted molar refractivity (Wildman–Crippen MR) is 75.9 cm³/mol. The molecule has 22 heavy (non-hydrogen) atoms. The molecule has 2 aromatic heterocycles. The van der Waals surface area contributed by atoms with E-state index in [1.165, 1.54) is 10.9 Å². The van der Waals surface area contributed by atoms with Crippen LogP contribution in [-0.4, -0.2) is 25.9 Å². The van der Waals surface area contributed by atoms with Crippen LogP contribution in [0.15, 0.2) is 47.2 Å². The maximum absolute atomic E-state index is 12.3. The second-order valence-electron chi connectivity index (χ2n) is 4.78. The van der Waals surface area contributed by atoms with Gasteiger partial charge < -0.3 is 9.26 Å². The summed E-state index contributed by atoms with van der Waals surface area (Å²) in [5.41, 5.74) is 1.11. The van der Waals surface area contributed by atoms with E-state index >= 15 is 0 Å². The van der Waals surface area contributed by atoms with Gasteiger partial charge in [-0.15, -0.1) is 0 Å². The summed E-state index contributed by atoms with van der Waals surface area (Å²) in [7, 11) is 1.73. The van der Waals surface area contributed by atoms with Crippen molar-refractivity contribution in [3.05, 3.63) is 65.6 Å². The van der Waals surface area contributed by atoms with Gasteiger partial charge in [0, 0.05) is 18.8 Å².